The third-order valence-electron chi connectivity index (χ3n) is 2.66. The summed E-state index contributed by atoms with van der Waals surface area (Å²) >= 11 is 1.57. The summed E-state index contributed by atoms with van der Waals surface area (Å²) in [4.78, 5) is 23.1. The average molecular weight is 276 g/mol. The van der Waals surface area contributed by atoms with Gasteiger partial charge in [-0.05, 0) is 30.5 Å². The Morgan fingerprint density at radius 3 is 2.53 bits per heavy atom. The maximum absolute atomic E-state index is 12.0. The zero-order valence-corrected chi connectivity index (χ0v) is 11.0. The number of carbonyl (C=O) groups excluding carboxylic acids is 1. The summed E-state index contributed by atoms with van der Waals surface area (Å²) in [5.74, 6) is -0.240. The van der Waals surface area contributed by atoms with E-state index in [1.807, 2.05) is 24.4 Å². The number of rotatable bonds is 4. The molecule has 19 heavy (non-hydrogen) atoms. The molecule has 98 valence electrons. The molecule has 5 nitrogen and oxygen atoms in total. The summed E-state index contributed by atoms with van der Waals surface area (Å²) in [5.41, 5.74) is 0.386. The third kappa shape index (κ3) is 3.17. The molecule has 0 radical (unpaired) electrons. The van der Waals surface area contributed by atoms with Crippen LogP contribution in [0, 0.1) is 10.1 Å². The molecule has 1 aromatic carbocycles. The molecule has 1 aromatic heterocycles. The van der Waals surface area contributed by atoms with Gasteiger partial charge < -0.3 is 5.32 Å². The number of benzene rings is 1. The predicted octanol–water partition coefficient (Wildman–Crippen LogP) is 3.15. The van der Waals surface area contributed by atoms with Crippen LogP contribution in [0.25, 0.3) is 0 Å². The molecular weight excluding hydrogens is 264 g/mol. The molecule has 0 aliphatic rings. The third-order valence-corrected chi connectivity index (χ3v) is 3.71. The topological polar surface area (TPSA) is 72.2 Å². The van der Waals surface area contributed by atoms with Crippen molar-refractivity contribution >= 4 is 22.9 Å². The van der Waals surface area contributed by atoms with Gasteiger partial charge in [0, 0.05) is 22.6 Å². The fraction of sp³-hybridized carbons (Fsp3) is 0.154. The molecule has 0 spiro atoms. The summed E-state index contributed by atoms with van der Waals surface area (Å²) in [6.07, 6.45) is 0. The second kappa shape index (κ2) is 5.62. The van der Waals surface area contributed by atoms with E-state index in [1.165, 1.54) is 24.3 Å². The second-order valence-electron chi connectivity index (χ2n) is 4.01. The van der Waals surface area contributed by atoms with E-state index in [-0.39, 0.29) is 17.6 Å². The number of hydrogen-bond donors (Lipinski definition) is 1. The van der Waals surface area contributed by atoms with Gasteiger partial charge in [-0.2, -0.15) is 0 Å². The van der Waals surface area contributed by atoms with Gasteiger partial charge in [0.2, 0.25) is 0 Å². The van der Waals surface area contributed by atoms with Crippen LogP contribution >= 0.6 is 11.3 Å². The molecule has 2 rings (SSSR count). The Balaban J connectivity index is 2.05. The molecule has 1 N–H and O–H groups in total. The van der Waals surface area contributed by atoms with Crippen molar-refractivity contribution in [3.63, 3.8) is 0 Å². The van der Waals surface area contributed by atoms with E-state index in [0.717, 1.165) is 4.88 Å². The average Bonchev–Trinajstić information content (AvgIpc) is 2.92. The molecular formula is C13H12N2O3S. The highest BCUT2D eigenvalue weighted by Crippen LogP contribution is 2.19. The van der Waals surface area contributed by atoms with Gasteiger partial charge in [-0.3, -0.25) is 14.9 Å². The van der Waals surface area contributed by atoms with Gasteiger partial charge in [-0.15, -0.1) is 11.3 Å². The lowest BCUT2D eigenvalue weighted by molar-refractivity contribution is -0.384. The van der Waals surface area contributed by atoms with Crippen LogP contribution < -0.4 is 5.32 Å². The van der Waals surface area contributed by atoms with E-state index < -0.39 is 4.92 Å². The summed E-state index contributed by atoms with van der Waals surface area (Å²) < 4.78 is 0. The van der Waals surface area contributed by atoms with Crippen molar-refractivity contribution < 1.29 is 9.72 Å². The molecule has 0 unspecified atom stereocenters. The summed E-state index contributed by atoms with van der Waals surface area (Å²) in [6, 6.07) is 9.35. The van der Waals surface area contributed by atoms with Crippen LogP contribution in [-0.2, 0) is 0 Å². The van der Waals surface area contributed by atoms with Crippen molar-refractivity contribution in [1.29, 1.82) is 0 Å². The highest BCUT2D eigenvalue weighted by molar-refractivity contribution is 7.10. The Labute approximate surface area is 114 Å². The molecule has 6 heteroatoms. The first-order valence-corrected chi connectivity index (χ1v) is 6.54. The van der Waals surface area contributed by atoms with Crippen LogP contribution in [0.1, 0.15) is 28.2 Å². The lowest BCUT2D eigenvalue weighted by Gasteiger charge is -2.11. The van der Waals surface area contributed by atoms with Crippen molar-refractivity contribution in [1.82, 2.24) is 5.32 Å². The first kappa shape index (κ1) is 13.2. The highest BCUT2D eigenvalue weighted by Gasteiger charge is 2.13. The Hall–Kier alpha value is -2.21. The molecule has 0 aliphatic heterocycles. The maximum Gasteiger partial charge on any atom is 0.269 e. The van der Waals surface area contributed by atoms with Crippen LogP contribution in [0.4, 0.5) is 5.69 Å². The molecule has 0 fully saturated rings. The number of thiophene rings is 1. The van der Waals surface area contributed by atoms with Crippen molar-refractivity contribution in [2.24, 2.45) is 0 Å². The molecule has 1 heterocycles. The van der Waals surface area contributed by atoms with E-state index in [4.69, 9.17) is 0 Å². The SMILES string of the molecule is C[C@@H](NC(=O)c1ccc([N+](=O)[O-])cc1)c1cccs1. The molecule has 1 atom stereocenters. The maximum atomic E-state index is 12.0. The normalized spacial score (nSPS) is 11.8. The standard InChI is InChI=1S/C13H12N2O3S/c1-9(12-3-2-8-19-12)14-13(16)10-4-6-11(7-5-10)15(17)18/h2-9H,1H3,(H,14,16)/t9-/m1/s1. The number of nitrogens with zero attached hydrogens (tertiary/aromatic N) is 1. The van der Waals surface area contributed by atoms with E-state index in [0.29, 0.717) is 5.56 Å². The zero-order valence-electron chi connectivity index (χ0n) is 10.2. The van der Waals surface area contributed by atoms with Crippen LogP contribution in [0.2, 0.25) is 0 Å². The summed E-state index contributed by atoms with van der Waals surface area (Å²) in [6.45, 7) is 1.90. The van der Waals surface area contributed by atoms with E-state index in [9.17, 15) is 14.9 Å². The first-order valence-electron chi connectivity index (χ1n) is 5.66. The minimum absolute atomic E-state index is 0.0251. The minimum atomic E-state index is -0.490. The minimum Gasteiger partial charge on any atom is -0.345 e. The van der Waals surface area contributed by atoms with Gasteiger partial charge in [-0.1, -0.05) is 6.07 Å². The number of amides is 1. The van der Waals surface area contributed by atoms with E-state index in [1.54, 1.807) is 11.3 Å². The van der Waals surface area contributed by atoms with Crippen LogP contribution in [0.15, 0.2) is 41.8 Å². The van der Waals surface area contributed by atoms with Crippen LogP contribution in [0.3, 0.4) is 0 Å². The van der Waals surface area contributed by atoms with Gasteiger partial charge in [-0.25, -0.2) is 0 Å². The van der Waals surface area contributed by atoms with Gasteiger partial charge >= 0.3 is 0 Å². The van der Waals surface area contributed by atoms with E-state index >= 15 is 0 Å². The number of hydrogen-bond acceptors (Lipinski definition) is 4. The van der Waals surface area contributed by atoms with E-state index in [2.05, 4.69) is 5.32 Å². The first-order chi connectivity index (χ1) is 9.08. The molecule has 2 aromatic rings. The number of carbonyl (C=O) groups is 1. The lowest BCUT2D eigenvalue weighted by atomic mass is 10.2. The van der Waals surface area contributed by atoms with Gasteiger partial charge in [0.15, 0.2) is 0 Å². The summed E-state index contributed by atoms with van der Waals surface area (Å²) in [7, 11) is 0. The van der Waals surface area contributed by atoms with Crippen molar-refractivity contribution in [2.45, 2.75) is 13.0 Å². The monoisotopic (exact) mass is 276 g/mol. The fourth-order valence-corrected chi connectivity index (χ4v) is 2.36. The number of non-ortho nitro benzene ring substituents is 1. The zero-order chi connectivity index (χ0) is 13.8. The molecule has 0 bridgehead atoms. The predicted molar refractivity (Wildman–Crippen MR) is 73.3 cm³/mol. The van der Waals surface area contributed by atoms with Gasteiger partial charge in [0.25, 0.3) is 11.6 Å². The number of nitro benzene ring substituents is 1. The Morgan fingerprint density at radius 2 is 2.00 bits per heavy atom. The Bertz CT molecular complexity index is 578. The molecule has 0 saturated carbocycles. The molecule has 1 amide bonds. The Morgan fingerprint density at radius 1 is 1.32 bits per heavy atom. The largest absolute Gasteiger partial charge is 0.345 e. The summed E-state index contributed by atoms with van der Waals surface area (Å²) in [5, 5.41) is 15.3. The number of nitrogens with one attached hydrogen (secondary N) is 1. The number of nitro groups is 1. The van der Waals surface area contributed by atoms with Gasteiger partial charge in [0.05, 0.1) is 11.0 Å². The van der Waals surface area contributed by atoms with Crippen LogP contribution in [0.5, 0.6) is 0 Å². The smallest absolute Gasteiger partial charge is 0.269 e. The second-order valence-corrected chi connectivity index (χ2v) is 4.99. The lowest BCUT2D eigenvalue weighted by Crippen LogP contribution is -2.26. The van der Waals surface area contributed by atoms with Crippen molar-refractivity contribution in [3.8, 4) is 0 Å². The Kier molecular flexibility index (Phi) is 3.91. The van der Waals surface area contributed by atoms with Gasteiger partial charge in [0.1, 0.15) is 0 Å². The fourth-order valence-electron chi connectivity index (χ4n) is 1.62. The quantitative estimate of drug-likeness (QED) is 0.688. The molecule has 0 saturated heterocycles. The van der Waals surface area contributed by atoms with Crippen LogP contribution in [-0.4, -0.2) is 10.8 Å². The van der Waals surface area contributed by atoms with Crippen molar-refractivity contribution in [2.75, 3.05) is 0 Å². The highest BCUT2D eigenvalue weighted by atomic mass is 32.1. The van der Waals surface area contributed by atoms with Crippen molar-refractivity contribution in [3.05, 3.63) is 62.3 Å². The molecule has 0 aliphatic carbocycles.